The summed E-state index contributed by atoms with van der Waals surface area (Å²) in [6, 6.07) is 17.8. The Hall–Kier alpha value is -5.58. The van der Waals surface area contributed by atoms with E-state index >= 15 is 0 Å². The quantitative estimate of drug-likeness (QED) is 0.0800. The van der Waals surface area contributed by atoms with Gasteiger partial charge in [0.25, 0.3) is 23.6 Å². The molecule has 5 aliphatic heterocycles. The predicted molar refractivity (Wildman–Crippen MR) is 254 cm³/mol. The number of carbonyl (C=O) groups is 5. The van der Waals surface area contributed by atoms with Gasteiger partial charge in [-0.1, -0.05) is 48.6 Å². The molecule has 0 radical (unpaired) electrons. The van der Waals surface area contributed by atoms with Crippen molar-refractivity contribution in [2.75, 3.05) is 23.7 Å². The van der Waals surface area contributed by atoms with Gasteiger partial charge in [-0.25, -0.2) is 21.6 Å². The molecule has 71 heavy (non-hydrogen) atoms. The molecule has 5 heterocycles. The molecule has 0 bridgehead atoms. The Kier molecular flexibility index (Phi) is 16.7. The third-order valence-corrected chi connectivity index (χ3v) is 14.5. The van der Waals surface area contributed by atoms with E-state index in [0.29, 0.717) is 33.5 Å². The second kappa shape index (κ2) is 21.6. The van der Waals surface area contributed by atoms with Gasteiger partial charge in [0, 0.05) is 97.0 Å². The van der Waals surface area contributed by atoms with Crippen molar-refractivity contribution in [2.24, 2.45) is 0 Å². The van der Waals surface area contributed by atoms with Gasteiger partial charge in [0.15, 0.2) is 5.71 Å². The topological polar surface area (TPSA) is 251 Å². The minimum Gasteiger partial charge on any atom is -0.748 e. The first-order valence-corrected chi connectivity index (χ1v) is 25.7. The zero-order valence-electron chi connectivity index (χ0n) is 40.3. The number of amides is 4. The van der Waals surface area contributed by atoms with Crippen LogP contribution in [0, 0.1) is 0 Å². The molecule has 0 spiro atoms. The van der Waals surface area contributed by atoms with Gasteiger partial charge in [-0.15, -0.1) is 5.06 Å². The molecule has 4 amide bonds. The number of imide groups is 2. The van der Waals surface area contributed by atoms with Gasteiger partial charge in [-0.2, -0.15) is 9.64 Å². The third kappa shape index (κ3) is 12.0. The van der Waals surface area contributed by atoms with Crippen LogP contribution in [-0.4, -0.2) is 106 Å². The molecule has 1 unspecified atom stereocenters. The van der Waals surface area contributed by atoms with Crippen molar-refractivity contribution < 1.29 is 98.8 Å². The number of benzene rings is 3. The Bertz CT molecular complexity index is 3040. The van der Waals surface area contributed by atoms with Gasteiger partial charge in [0.1, 0.15) is 28.2 Å². The molecule has 3 aromatic rings. The molecule has 5 aliphatic rings. The molecule has 0 aliphatic carbocycles. The number of fused-ring (bicyclic) bond motifs is 3. The van der Waals surface area contributed by atoms with E-state index in [4.69, 9.17) is 14.8 Å². The van der Waals surface area contributed by atoms with Crippen molar-refractivity contribution in [3.05, 3.63) is 113 Å². The van der Waals surface area contributed by atoms with Crippen LogP contribution >= 0.6 is 0 Å². The van der Waals surface area contributed by atoms with Crippen molar-refractivity contribution >= 4 is 83.8 Å². The molecule has 0 aromatic heterocycles. The average Bonchev–Trinajstić information content (AvgIpc) is 3.86. The van der Waals surface area contributed by atoms with Crippen LogP contribution in [0.4, 0.5) is 11.4 Å². The summed E-state index contributed by atoms with van der Waals surface area (Å²) in [6.07, 6.45) is 9.98. The summed E-state index contributed by atoms with van der Waals surface area (Å²) in [4.78, 5) is 64.5. The smallest absolute Gasteiger partial charge is 0.748 e. The Labute approximate surface area is 434 Å². The first kappa shape index (κ1) is 54.7. The number of carbonyl (C=O) groups excluding carboxylic acids is 5. The van der Waals surface area contributed by atoms with Crippen LogP contribution in [0.25, 0.3) is 16.9 Å². The molecule has 8 rings (SSSR count). The zero-order valence-corrected chi connectivity index (χ0v) is 43.9. The van der Waals surface area contributed by atoms with E-state index in [0.717, 1.165) is 40.1 Å². The number of rotatable bonds is 14. The second-order valence-electron chi connectivity index (χ2n) is 18.2. The second-order valence-corrected chi connectivity index (χ2v) is 21.1. The van der Waals surface area contributed by atoms with Crippen LogP contribution in [-0.2, 0) is 54.5 Å². The molecule has 1 atom stereocenters. The summed E-state index contributed by atoms with van der Waals surface area (Å²) in [5.41, 5.74) is 5.95. The number of ether oxygens (including phenoxy) is 1. The van der Waals surface area contributed by atoms with Crippen LogP contribution in [0.1, 0.15) is 108 Å². The average molecular weight is 1020 g/mol. The molecule has 21 heteroatoms. The summed E-state index contributed by atoms with van der Waals surface area (Å²) in [6.45, 7) is 11.2. The van der Waals surface area contributed by atoms with Crippen molar-refractivity contribution in [3.8, 4) is 5.75 Å². The van der Waals surface area contributed by atoms with E-state index in [-0.39, 0.29) is 98.1 Å². The van der Waals surface area contributed by atoms with E-state index in [2.05, 4.69) is 50.8 Å². The van der Waals surface area contributed by atoms with Crippen LogP contribution in [0.5, 0.6) is 5.75 Å². The first-order chi connectivity index (χ1) is 32.9. The van der Waals surface area contributed by atoms with Crippen LogP contribution in [0.3, 0.4) is 0 Å². The van der Waals surface area contributed by atoms with Gasteiger partial charge < -0.3 is 23.6 Å². The van der Waals surface area contributed by atoms with Gasteiger partial charge in [0.05, 0.1) is 26.0 Å². The summed E-state index contributed by atoms with van der Waals surface area (Å²) in [7, 11) is -9.49. The van der Waals surface area contributed by atoms with Crippen molar-refractivity contribution in [1.29, 1.82) is 0 Å². The number of likely N-dealkylation sites (N-methyl/N-ethyl adjacent to an activating group) is 1. The fourth-order valence-corrected chi connectivity index (χ4v) is 10.5. The minimum atomic E-state index is -4.91. The summed E-state index contributed by atoms with van der Waals surface area (Å²) in [5, 5.41) is 9.04. The maximum atomic E-state index is 12.9. The standard InChI is InChI=1S/C46H49N3O11S2.C4H5NO3.Na/c1-6-48-38-28-40-35(27-34(38)30(2)29-45(48,3)4)32(25-39(59-40)31-13-8-7-9-14-31)15-10-16-41-46(5,22-11-17-44(52)60-49-42(50)20-21-43(49)51)36-26-33(62(56,57)58)18-19-37(36)47(41)23-12-24-61(53,54)55;6-3-1-2-4(7)5(3)8;/h7-10,13-16,18-19,25-29H,6,11-12,17,20-24H2,1-5H3,(H-,53,54,55,56,57,58);8H,1-2H2;/q;;+1/p-1. The fourth-order valence-electron chi connectivity index (χ4n) is 9.53. The van der Waals surface area contributed by atoms with Crippen molar-refractivity contribution in [2.45, 2.75) is 102 Å². The number of anilines is 1. The van der Waals surface area contributed by atoms with Crippen molar-refractivity contribution in [3.63, 3.8) is 0 Å². The van der Waals surface area contributed by atoms with E-state index < -0.39 is 65.9 Å². The molecule has 1 N–H and O–H groups in total. The maximum Gasteiger partial charge on any atom is 1.00 e. The van der Waals surface area contributed by atoms with E-state index in [9.17, 15) is 49.9 Å². The summed E-state index contributed by atoms with van der Waals surface area (Å²) < 4.78 is 80.6. The Morgan fingerprint density at radius 1 is 0.887 bits per heavy atom. The van der Waals surface area contributed by atoms with E-state index in [1.54, 1.807) is 4.58 Å². The predicted octanol–water partition coefficient (Wildman–Crippen LogP) is 3.28. The molecule has 2 saturated heterocycles. The Morgan fingerprint density at radius 2 is 1.54 bits per heavy atom. The third-order valence-electron chi connectivity index (χ3n) is 12.9. The molecule has 0 saturated carbocycles. The monoisotopic (exact) mass is 1020 g/mol. The van der Waals surface area contributed by atoms with E-state index in [1.165, 1.54) is 18.2 Å². The molecule has 2 fully saturated rings. The van der Waals surface area contributed by atoms with Gasteiger partial charge in [0.2, 0.25) is 5.69 Å². The largest absolute Gasteiger partial charge is 1.00 e. The van der Waals surface area contributed by atoms with Crippen LogP contribution < -0.4 is 39.2 Å². The Morgan fingerprint density at radius 3 is 2.13 bits per heavy atom. The Balaban J connectivity index is 0.000000834. The zero-order chi connectivity index (χ0) is 50.9. The number of hydrogen-bond donors (Lipinski definition) is 1. The number of hydrogen-bond acceptors (Lipinski definition) is 15. The van der Waals surface area contributed by atoms with E-state index in [1.807, 2.05) is 61.6 Å². The summed E-state index contributed by atoms with van der Waals surface area (Å²) in [5.74, 6) is -2.42. The van der Waals surface area contributed by atoms with Gasteiger partial charge in [-0.05, 0) is 82.9 Å². The molecule has 370 valence electrons. The van der Waals surface area contributed by atoms with Crippen molar-refractivity contribution in [1.82, 2.24) is 10.1 Å². The van der Waals surface area contributed by atoms with Crippen LogP contribution in [0.15, 0.2) is 95.9 Å². The first-order valence-electron chi connectivity index (χ1n) is 22.7. The van der Waals surface area contributed by atoms with Crippen LogP contribution in [0.2, 0.25) is 0 Å². The number of nitrogens with zero attached hydrogens (tertiary/aromatic N) is 4. The van der Waals surface area contributed by atoms with Gasteiger partial charge >= 0.3 is 35.5 Å². The number of hydroxylamine groups is 4. The minimum absolute atomic E-state index is 0. The SMILES string of the molecule is CCN1c2cc3c(cc2C(C)=CC1(C)C)/C(=C/C=C/C1=[N+](CCCS(=O)(=O)[O-])c2ccc(S(=O)(=O)[O-])cc2C1(C)CCCC(=O)ON1C(=O)CCC1=O)C=C(c1ccccc1)O3.O=C1CCC(=O)N1O.[Na+]. The normalized spacial score (nSPS) is 20.0. The number of allylic oxidation sites excluding steroid dienone is 6. The molecular formula is C50H53N4NaO14S2. The maximum absolute atomic E-state index is 12.9. The fraction of sp³-hybridized carbons (Fsp3) is 0.360. The molecule has 18 nitrogen and oxygen atoms in total. The summed E-state index contributed by atoms with van der Waals surface area (Å²) >= 11 is 0. The van der Waals surface area contributed by atoms with Gasteiger partial charge in [-0.3, -0.25) is 24.4 Å². The molecule has 3 aromatic carbocycles. The molecular weight excluding hydrogens is 968 g/mol.